The predicted molar refractivity (Wildman–Crippen MR) is 78.1 cm³/mol. The molecule has 0 bridgehead atoms. The molecule has 0 N–H and O–H groups in total. The summed E-state index contributed by atoms with van der Waals surface area (Å²) in [6, 6.07) is 1.12. The van der Waals surface area contributed by atoms with Crippen molar-refractivity contribution < 1.29 is 8.85 Å². The number of nitrogens with zero attached hydrogens (tertiary/aromatic N) is 2. The molecule has 0 aliphatic carbocycles. The van der Waals surface area contributed by atoms with Gasteiger partial charge in [0, 0.05) is 26.3 Å². The van der Waals surface area contributed by atoms with E-state index in [1.54, 1.807) is 0 Å². The number of rotatable bonds is 9. The van der Waals surface area contributed by atoms with E-state index < -0.39 is 9.28 Å². The van der Waals surface area contributed by atoms with Crippen molar-refractivity contribution in [2.24, 2.45) is 0 Å². The third-order valence-corrected chi connectivity index (χ3v) is 5.91. The van der Waals surface area contributed by atoms with Gasteiger partial charge in [-0.15, -0.1) is 0 Å². The topological polar surface area (TPSA) is 24.9 Å². The van der Waals surface area contributed by atoms with Crippen LogP contribution in [0.2, 0.25) is 6.04 Å². The summed E-state index contributed by atoms with van der Waals surface area (Å²) in [7, 11) is -1.42. The van der Waals surface area contributed by atoms with Gasteiger partial charge in [-0.3, -0.25) is 9.80 Å². The Morgan fingerprint density at radius 3 is 1.83 bits per heavy atom. The maximum Gasteiger partial charge on any atom is 0.321 e. The fourth-order valence-corrected chi connectivity index (χ4v) is 4.50. The molecule has 108 valence electrons. The molecule has 4 nitrogen and oxygen atoms in total. The van der Waals surface area contributed by atoms with Gasteiger partial charge in [0.25, 0.3) is 0 Å². The zero-order valence-electron chi connectivity index (χ0n) is 12.5. The first-order valence-corrected chi connectivity index (χ1v) is 9.23. The predicted octanol–water partition coefficient (Wildman–Crippen LogP) is 1.65. The van der Waals surface area contributed by atoms with E-state index >= 15 is 0 Å². The molecule has 0 aromatic rings. The molecule has 0 saturated carbocycles. The Morgan fingerprint density at radius 1 is 0.944 bits per heavy atom. The molecule has 0 unspecified atom stereocenters. The third kappa shape index (κ3) is 4.62. The first-order valence-electron chi connectivity index (χ1n) is 7.47. The number of hydrogen-bond donors (Lipinski definition) is 0. The lowest BCUT2D eigenvalue weighted by atomic mass is 10.3. The number of likely N-dealkylation sites (N-methyl/N-ethyl adjacent to an activating group) is 2. The van der Waals surface area contributed by atoms with Crippen molar-refractivity contribution in [3.05, 3.63) is 0 Å². The molecule has 1 aliphatic heterocycles. The van der Waals surface area contributed by atoms with Crippen LogP contribution in [-0.4, -0.2) is 64.6 Å². The van der Waals surface area contributed by atoms with Crippen LogP contribution in [0.5, 0.6) is 0 Å². The van der Waals surface area contributed by atoms with E-state index in [1.165, 1.54) is 19.5 Å². The van der Waals surface area contributed by atoms with Crippen molar-refractivity contribution in [3.63, 3.8) is 0 Å². The van der Waals surface area contributed by atoms with Gasteiger partial charge < -0.3 is 8.85 Å². The van der Waals surface area contributed by atoms with E-state index in [0.717, 1.165) is 32.3 Å². The van der Waals surface area contributed by atoms with E-state index in [2.05, 4.69) is 37.5 Å². The Hall–Kier alpha value is 0.0569. The molecular weight excluding hydrogens is 244 g/mol. The Kier molecular flexibility index (Phi) is 8.09. The maximum atomic E-state index is 5.76. The summed E-state index contributed by atoms with van der Waals surface area (Å²) >= 11 is 0. The SMILES string of the molecule is CCO[SiH](CCC1N(CC)CCN1CC)OCC. The molecule has 1 saturated heterocycles. The lowest BCUT2D eigenvalue weighted by Gasteiger charge is -2.29. The highest BCUT2D eigenvalue weighted by molar-refractivity contribution is 6.44. The summed E-state index contributed by atoms with van der Waals surface area (Å²) < 4.78 is 11.5. The first kappa shape index (κ1) is 16.1. The van der Waals surface area contributed by atoms with Gasteiger partial charge in [0.05, 0.1) is 6.17 Å². The van der Waals surface area contributed by atoms with Crippen LogP contribution >= 0.6 is 0 Å². The van der Waals surface area contributed by atoms with Crippen LogP contribution in [0.4, 0.5) is 0 Å². The lowest BCUT2D eigenvalue weighted by Crippen LogP contribution is -2.39. The van der Waals surface area contributed by atoms with Crippen LogP contribution in [-0.2, 0) is 8.85 Å². The Bertz CT molecular complexity index is 201. The minimum atomic E-state index is -1.42. The average molecular weight is 274 g/mol. The molecule has 0 aromatic heterocycles. The maximum absolute atomic E-state index is 5.76. The highest BCUT2D eigenvalue weighted by Crippen LogP contribution is 2.20. The second-order valence-electron chi connectivity index (χ2n) is 4.66. The summed E-state index contributed by atoms with van der Waals surface area (Å²) in [6.45, 7) is 14.9. The zero-order valence-corrected chi connectivity index (χ0v) is 13.7. The van der Waals surface area contributed by atoms with Crippen molar-refractivity contribution in [3.8, 4) is 0 Å². The zero-order chi connectivity index (χ0) is 13.4. The molecule has 0 aromatic carbocycles. The standard InChI is InChI=1S/C13H30N2O2Si/c1-5-14-10-11-15(6-2)13(14)9-12-18(16-7-3)17-8-4/h13,18H,5-12H2,1-4H3. The normalized spacial score (nSPS) is 19.2. The van der Waals surface area contributed by atoms with Crippen molar-refractivity contribution in [1.29, 1.82) is 0 Å². The molecule has 1 rings (SSSR count). The van der Waals surface area contributed by atoms with Gasteiger partial charge >= 0.3 is 9.28 Å². The quantitative estimate of drug-likeness (QED) is 0.597. The van der Waals surface area contributed by atoms with Crippen LogP contribution in [0.25, 0.3) is 0 Å². The Morgan fingerprint density at radius 2 is 1.44 bits per heavy atom. The van der Waals surface area contributed by atoms with E-state index in [0.29, 0.717) is 6.17 Å². The van der Waals surface area contributed by atoms with E-state index in [9.17, 15) is 0 Å². The fraction of sp³-hybridized carbons (Fsp3) is 1.00. The van der Waals surface area contributed by atoms with Crippen molar-refractivity contribution in [1.82, 2.24) is 9.80 Å². The van der Waals surface area contributed by atoms with Gasteiger partial charge in [0.1, 0.15) is 0 Å². The monoisotopic (exact) mass is 274 g/mol. The van der Waals surface area contributed by atoms with Crippen LogP contribution in [0, 0.1) is 0 Å². The largest absolute Gasteiger partial charge is 0.397 e. The van der Waals surface area contributed by atoms with Crippen LogP contribution < -0.4 is 0 Å². The smallest absolute Gasteiger partial charge is 0.321 e. The van der Waals surface area contributed by atoms with Gasteiger partial charge in [0.2, 0.25) is 0 Å². The van der Waals surface area contributed by atoms with E-state index in [1.807, 2.05) is 0 Å². The summed E-state index contributed by atoms with van der Waals surface area (Å²) in [5, 5.41) is 0. The second kappa shape index (κ2) is 9.04. The number of hydrogen-bond acceptors (Lipinski definition) is 4. The summed E-state index contributed by atoms with van der Waals surface area (Å²) in [4.78, 5) is 5.15. The fourth-order valence-electron chi connectivity index (χ4n) is 2.76. The molecular formula is C13H30N2O2Si. The molecule has 1 fully saturated rings. The Labute approximate surface area is 114 Å². The van der Waals surface area contributed by atoms with Gasteiger partial charge in [0.15, 0.2) is 0 Å². The molecule has 0 radical (unpaired) electrons. The molecule has 1 aliphatic rings. The van der Waals surface area contributed by atoms with Gasteiger partial charge in [-0.05, 0) is 39.4 Å². The van der Waals surface area contributed by atoms with Crippen molar-refractivity contribution >= 4 is 9.28 Å². The molecule has 1 heterocycles. The summed E-state index contributed by atoms with van der Waals surface area (Å²) in [5.41, 5.74) is 0. The summed E-state index contributed by atoms with van der Waals surface area (Å²) in [5.74, 6) is 0. The highest BCUT2D eigenvalue weighted by atomic mass is 28.3. The van der Waals surface area contributed by atoms with E-state index in [-0.39, 0.29) is 0 Å². The van der Waals surface area contributed by atoms with Crippen molar-refractivity contribution in [2.75, 3.05) is 39.4 Å². The molecule has 0 spiro atoms. The summed E-state index contributed by atoms with van der Waals surface area (Å²) in [6.07, 6.45) is 1.80. The molecule has 18 heavy (non-hydrogen) atoms. The lowest BCUT2D eigenvalue weighted by molar-refractivity contribution is 0.136. The van der Waals surface area contributed by atoms with Gasteiger partial charge in [-0.2, -0.15) is 0 Å². The van der Waals surface area contributed by atoms with Crippen LogP contribution in [0.1, 0.15) is 34.1 Å². The van der Waals surface area contributed by atoms with Crippen molar-refractivity contribution in [2.45, 2.75) is 46.3 Å². The molecule has 0 amide bonds. The highest BCUT2D eigenvalue weighted by Gasteiger charge is 2.30. The minimum Gasteiger partial charge on any atom is -0.397 e. The third-order valence-electron chi connectivity index (χ3n) is 3.70. The average Bonchev–Trinajstić information content (AvgIpc) is 2.78. The molecule has 0 atom stereocenters. The Balaban J connectivity index is 2.42. The minimum absolute atomic E-state index is 0.607. The van der Waals surface area contributed by atoms with Crippen LogP contribution in [0.15, 0.2) is 0 Å². The van der Waals surface area contributed by atoms with E-state index in [4.69, 9.17) is 8.85 Å². The molecule has 5 heteroatoms. The van der Waals surface area contributed by atoms with Gasteiger partial charge in [-0.25, -0.2) is 0 Å². The first-order chi connectivity index (χ1) is 8.76. The van der Waals surface area contributed by atoms with Crippen LogP contribution in [0.3, 0.4) is 0 Å². The van der Waals surface area contributed by atoms with Gasteiger partial charge in [-0.1, -0.05) is 13.8 Å². The second-order valence-corrected chi connectivity index (χ2v) is 6.76.